The average molecular weight is 434 g/mol. The number of rotatable bonds is 13. The van der Waals surface area contributed by atoms with Gasteiger partial charge in [0.1, 0.15) is 0 Å². The summed E-state index contributed by atoms with van der Waals surface area (Å²) in [5.41, 5.74) is 1.01. The van der Waals surface area contributed by atoms with E-state index in [0.29, 0.717) is 12.8 Å². The van der Waals surface area contributed by atoms with Gasteiger partial charge in [-0.1, -0.05) is 75.4 Å². The summed E-state index contributed by atoms with van der Waals surface area (Å²) in [6.07, 6.45) is 11.0. The van der Waals surface area contributed by atoms with Crippen molar-refractivity contribution < 1.29 is 24.2 Å². The van der Waals surface area contributed by atoms with Crippen molar-refractivity contribution in [1.29, 1.82) is 0 Å². The summed E-state index contributed by atoms with van der Waals surface area (Å²) >= 11 is 0. The Morgan fingerprint density at radius 2 is 1.90 bits per heavy atom. The van der Waals surface area contributed by atoms with Crippen molar-refractivity contribution >= 4 is 5.91 Å². The van der Waals surface area contributed by atoms with E-state index in [4.69, 9.17) is 14.3 Å². The number of unbranched alkanes of at least 4 members (excludes halogenated alkanes) is 4. The molecule has 2 rings (SSSR count). The molecule has 31 heavy (non-hydrogen) atoms. The van der Waals surface area contributed by atoms with Gasteiger partial charge in [0.25, 0.3) is 5.91 Å². The zero-order chi connectivity index (χ0) is 22.5. The van der Waals surface area contributed by atoms with Gasteiger partial charge >= 0.3 is 0 Å². The molecular formula is C25H39NO5. The van der Waals surface area contributed by atoms with Crippen molar-refractivity contribution in [2.45, 2.75) is 89.3 Å². The molecule has 1 heterocycles. The lowest BCUT2D eigenvalue weighted by Gasteiger charge is -2.37. The van der Waals surface area contributed by atoms with Crippen LogP contribution in [0.2, 0.25) is 0 Å². The molecule has 6 nitrogen and oxygen atoms in total. The zero-order valence-corrected chi connectivity index (χ0v) is 19.2. The number of nitrogens with zero attached hydrogens (tertiary/aromatic N) is 1. The molecule has 6 heteroatoms. The van der Waals surface area contributed by atoms with E-state index in [2.05, 4.69) is 6.92 Å². The highest BCUT2D eigenvalue weighted by Gasteiger charge is 2.31. The van der Waals surface area contributed by atoms with Crippen LogP contribution in [0.5, 0.6) is 0 Å². The van der Waals surface area contributed by atoms with Crippen LogP contribution in [0.15, 0.2) is 42.5 Å². The van der Waals surface area contributed by atoms with E-state index >= 15 is 0 Å². The van der Waals surface area contributed by atoms with Crippen LogP contribution in [0.1, 0.15) is 76.6 Å². The van der Waals surface area contributed by atoms with E-state index in [9.17, 15) is 9.90 Å². The minimum Gasteiger partial charge on any atom is -0.393 e. The predicted molar refractivity (Wildman–Crippen MR) is 121 cm³/mol. The van der Waals surface area contributed by atoms with Crippen molar-refractivity contribution in [3.05, 3.63) is 48.0 Å². The van der Waals surface area contributed by atoms with Gasteiger partial charge in [0, 0.05) is 31.5 Å². The normalized spacial score (nSPS) is 22.5. The summed E-state index contributed by atoms with van der Waals surface area (Å²) in [6, 6.07) is 9.98. The van der Waals surface area contributed by atoms with Crippen LogP contribution in [-0.2, 0) is 19.1 Å². The fourth-order valence-electron chi connectivity index (χ4n) is 3.79. The van der Waals surface area contributed by atoms with Gasteiger partial charge in [-0.05, 0) is 12.8 Å². The fraction of sp³-hybridized carbons (Fsp3) is 0.640. The number of carbonyl (C=O) groups is 1. The number of likely N-dealkylation sites (N-methyl/N-ethyl adjacent to an activating group) is 1. The number of carbonyl (C=O) groups excluding carboxylic acids is 1. The van der Waals surface area contributed by atoms with Gasteiger partial charge in [-0.3, -0.25) is 9.63 Å². The second kappa shape index (κ2) is 14.4. The molecule has 1 N–H and O–H groups in total. The Bertz CT molecular complexity index is 651. The van der Waals surface area contributed by atoms with Gasteiger partial charge in [0.05, 0.1) is 25.4 Å². The Hall–Kier alpha value is -1.73. The second-order valence-electron chi connectivity index (χ2n) is 8.24. The Balaban J connectivity index is 1.90. The molecule has 0 aliphatic carbocycles. The Kier molecular flexibility index (Phi) is 11.8. The first-order chi connectivity index (χ1) is 15.0. The molecule has 0 spiro atoms. The summed E-state index contributed by atoms with van der Waals surface area (Å²) < 4.78 is 12.5. The Morgan fingerprint density at radius 1 is 1.19 bits per heavy atom. The number of aliphatic hydroxyl groups excluding tert-OH is 1. The van der Waals surface area contributed by atoms with Gasteiger partial charge in [0.15, 0.2) is 6.29 Å². The maximum atomic E-state index is 11.7. The number of hydrogen-bond donors (Lipinski definition) is 1. The zero-order valence-electron chi connectivity index (χ0n) is 19.2. The molecule has 1 amide bonds. The van der Waals surface area contributed by atoms with Crippen LogP contribution in [0.4, 0.5) is 0 Å². The molecule has 0 radical (unpaired) electrons. The molecule has 1 aromatic carbocycles. The molecule has 0 unspecified atom stereocenters. The standard InChI is InChI=1S/C25H39NO5/c1-4-5-6-7-11-16-22-19-23(31-25(30-22)20-13-9-8-10-14-20)18-21(27)15-12-17-24(28)26(2)29-3/h8-10,12-14,17,21-23,25,27H,4-7,11,15-16,18-19H2,1-3H3/b17-12+/t21-,22+,23-,25+/m0/s1. The number of amides is 1. The average Bonchev–Trinajstić information content (AvgIpc) is 2.78. The minimum atomic E-state index is -0.582. The molecule has 1 aliphatic heterocycles. The quantitative estimate of drug-likeness (QED) is 0.271. The first-order valence-corrected chi connectivity index (χ1v) is 11.6. The molecule has 0 aromatic heterocycles. The number of benzene rings is 1. The van der Waals surface area contributed by atoms with E-state index in [1.807, 2.05) is 30.3 Å². The van der Waals surface area contributed by atoms with E-state index in [-0.39, 0.29) is 18.1 Å². The number of hydroxylamine groups is 2. The molecular weight excluding hydrogens is 394 g/mol. The van der Waals surface area contributed by atoms with Crippen molar-refractivity contribution in [2.24, 2.45) is 0 Å². The molecule has 1 aromatic rings. The molecule has 1 saturated heterocycles. The highest BCUT2D eigenvalue weighted by Crippen LogP contribution is 2.33. The minimum absolute atomic E-state index is 0.0830. The molecule has 0 saturated carbocycles. The smallest absolute Gasteiger partial charge is 0.269 e. The lowest BCUT2D eigenvalue weighted by molar-refractivity contribution is -0.253. The van der Waals surface area contributed by atoms with Crippen LogP contribution >= 0.6 is 0 Å². The Morgan fingerprint density at radius 3 is 2.61 bits per heavy atom. The lowest BCUT2D eigenvalue weighted by Crippen LogP contribution is -2.35. The molecule has 0 bridgehead atoms. The van der Waals surface area contributed by atoms with E-state index in [1.165, 1.54) is 38.9 Å². The summed E-state index contributed by atoms with van der Waals surface area (Å²) in [5.74, 6) is -0.260. The van der Waals surface area contributed by atoms with Crippen molar-refractivity contribution in [3.63, 3.8) is 0 Å². The highest BCUT2D eigenvalue weighted by molar-refractivity contribution is 5.86. The third-order valence-corrected chi connectivity index (χ3v) is 5.65. The SMILES string of the molecule is CCCCCCC[C@@H]1C[C@H](C[C@@H](O)C/C=C/C(=O)N(C)OC)O[C@H](c2ccccc2)O1. The molecule has 4 atom stereocenters. The third kappa shape index (κ3) is 9.52. The largest absolute Gasteiger partial charge is 0.393 e. The van der Waals surface area contributed by atoms with Crippen molar-refractivity contribution in [2.75, 3.05) is 14.2 Å². The second-order valence-corrected chi connectivity index (χ2v) is 8.24. The van der Waals surface area contributed by atoms with E-state index < -0.39 is 12.4 Å². The lowest BCUT2D eigenvalue weighted by atomic mass is 9.98. The van der Waals surface area contributed by atoms with Gasteiger partial charge in [-0.2, -0.15) is 0 Å². The van der Waals surface area contributed by atoms with Crippen LogP contribution in [0.3, 0.4) is 0 Å². The third-order valence-electron chi connectivity index (χ3n) is 5.65. The molecule has 174 valence electrons. The maximum absolute atomic E-state index is 11.7. The van der Waals surface area contributed by atoms with Gasteiger partial charge in [-0.15, -0.1) is 0 Å². The fourth-order valence-corrected chi connectivity index (χ4v) is 3.79. The highest BCUT2D eigenvalue weighted by atomic mass is 16.7. The molecule has 1 aliphatic rings. The van der Waals surface area contributed by atoms with Crippen LogP contribution in [-0.4, -0.2) is 48.5 Å². The molecule has 1 fully saturated rings. The summed E-state index contributed by atoms with van der Waals surface area (Å²) in [4.78, 5) is 16.6. The monoisotopic (exact) mass is 433 g/mol. The van der Waals surface area contributed by atoms with Gasteiger partial charge in [-0.25, -0.2) is 5.06 Å². The van der Waals surface area contributed by atoms with E-state index in [1.54, 1.807) is 13.1 Å². The summed E-state index contributed by atoms with van der Waals surface area (Å²) in [6.45, 7) is 2.23. The first kappa shape index (κ1) is 25.5. The summed E-state index contributed by atoms with van der Waals surface area (Å²) in [7, 11) is 2.98. The van der Waals surface area contributed by atoms with Crippen LogP contribution in [0, 0.1) is 0 Å². The van der Waals surface area contributed by atoms with Gasteiger partial charge < -0.3 is 14.6 Å². The van der Waals surface area contributed by atoms with Crippen molar-refractivity contribution in [3.8, 4) is 0 Å². The van der Waals surface area contributed by atoms with E-state index in [0.717, 1.165) is 29.9 Å². The maximum Gasteiger partial charge on any atom is 0.269 e. The topological polar surface area (TPSA) is 68.2 Å². The predicted octanol–water partition coefficient (Wildman–Crippen LogP) is 4.94. The number of ether oxygens (including phenoxy) is 2. The summed E-state index contributed by atoms with van der Waals surface area (Å²) in [5, 5.41) is 11.6. The Labute approximate surface area is 187 Å². The van der Waals surface area contributed by atoms with Crippen LogP contribution < -0.4 is 0 Å². The first-order valence-electron chi connectivity index (χ1n) is 11.6. The van der Waals surface area contributed by atoms with Crippen molar-refractivity contribution in [1.82, 2.24) is 5.06 Å². The van der Waals surface area contributed by atoms with Crippen LogP contribution in [0.25, 0.3) is 0 Å². The van der Waals surface area contributed by atoms with Gasteiger partial charge in [0.2, 0.25) is 0 Å². The number of hydrogen-bond acceptors (Lipinski definition) is 5. The number of aliphatic hydroxyl groups is 1.